The third-order valence-corrected chi connectivity index (χ3v) is 5.80. The van der Waals surface area contributed by atoms with Crippen molar-refractivity contribution < 1.29 is 0 Å². The molecule has 5 rings (SSSR count). The smallest absolute Gasteiger partial charge is 0.0720 e. The molecule has 28 heavy (non-hydrogen) atoms. The van der Waals surface area contributed by atoms with E-state index in [-0.39, 0.29) is 5.41 Å². The number of aromatic nitrogens is 2. The minimum atomic E-state index is -0.0407. The van der Waals surface area contributed by atoms with E-state index < -0.39 is 0 Å². The molecule has 2 heteroatoms. The van der Waals surface area contributed by atoms with Crippen molar-refractivity contribution in [3.63, 3.8) is 0 Å². The minimum absolute atomic E-state index is 0.0407. The lowest BCUT2D eigenvalue weighted by Crippen LogP contribution is -2.16. The van der Waals surface area contributed by atoms with Crippen LogP contribution in [0.15, 0.2) is 79.0 Å². The molecule has 1 aliphatic carbocycles. The van der Waals surface area contributed by atoms with Gasteiger partial charge in [-0.05, 0) is 53.4 Å². The summed E-state index contributed by atoms with van der Waals surface area (Å²) < 4.78 is 0. The Morgan fingerprint density at radius 1 is 0.679 bits per heavy atom. The Labute approximate surface area is 165 Å². The molecule has 1 aliphatic rings. The quantitative estimate of drug-likeness (QED) is 0.411. The molecule has 0 aliphatic heterocycles. The first kappa shape index (κ1) is 16.9. The number of hydrogen-bond acceptors (Lipinski definition) is 2. The summed E-state index contributed by atoms with van der Waals surface area (Å²) in [6, 6.07) is 25.6. The lowest BCUT2D eigenvalue weighted by Gasteiger charge is -2.24. The summed E-state index contributed by atoms with van der Waals surface area (Å²) in [6.45, 7) is 6.64. The maximum atomic E-state index is 4.82. The van der Waals surface area contributed by atoms with E-state index in [0.717, 1.165) is 22.6 Å². The largest absolute Gasteiger partial charge is 0.256 e. The topological polar surface area (TPSA) is 25.8 Å². The van der Waals surface area contributed by atoms with Crippen LogP contribution in [0.3, 0.4) is 0 Å². The first-order valence-corrected chi connectivity index (χ1v) is 9.69. The Kier molecular flexibility index (Phi) is 3.70. The van der Waals surface area contributed by atoms with Crippen molar-refractivity contribution in [2.75, 3.05) is 0 Å². The second kappa shape index (κ2) is 6.13. The number of fused-ring (bicyclic) bond motifs is 3. The Morgan fingerprint density at radius 3 is 2.21 bits per heavy atom. The van der Waals surface area contributed by atoms with Gasteiger partial charge in [-0.2, -0.15) is 0 Å². The fourth-order valence-corrected chi connectivity index (χ4v) is 4.47. The standard InChI is InChI=1S/C26H22N2/c1-17-8-6-13-23(28-17)18-14-15-24(27-16-18)21-11-7-10-20-19-9-4-5-12-22(19)26(2,3)25(20)21/h4-16H,1-3H3. The van der Waals surface area contributed by atoms with Gasteiger partial charge in [0.2, 0.25) is 0 Å². The van der Waals surface area contributed by atoms with E-state index in [1.54, 1.807) is 0 Å². The van der Waals surface area contributed by atoms with Gasteiger partial charge < -0.3 is 0 Å². The SMILES string of the molecule is Cc1cccc(-c2ccc(-c3cccc4c3C(C)(C)c3ccccc3-4)nc2)n1. The zero-order chi connectivity index (χ0) is 19.3. The van der Waals surface area contributed by atoms with Crippen molar-refractivity contribution in [3.05, 3.63) is 95.8 Å². The van der Waals surface area contributed by atoms with Crippen molar-refractivity contribution in [2.24, 2.45) is 0 Å². The number of benzene rings is 2. The first-order chi connectivity index (χ1) is 13.6. The van der Waals surface area contributed by atoms with Crippen molar-refractivity contribution in [1.29, 1.82) is 0 Å². The Balaban J connectivity index is 1.63. The van der Waals surface area contributed by atoms with Crippen LogP contribution in [0.1, 0.15) is 30.7 Å². The summed E-state index contributed by atoms with van der Waals surface area (Å²) in [5, 5.41) is 0. The molecule has 4 aromatic rings. The van der Waals surface area contributed by atoms with Gasteiger partial charge in [0.1, 0.15) is 0 Å². The molecular formula is C26H22N2. The predicted molar refractivity (Wildman–Crippen MR) is 115 cm³/mol. The Bertz CT molecular complexity index is 1190. The summed E-state index contributed by atoms with van der Waals surface area (Å²) in [5.41, 5.74) is 10.6. The van der Waals surface area contributed by atoms with Crippen LogP contribution < -0.4 is 0 Å². The van der Waals surface area contributed by atoms with Crippen LogP contribution >= 0.6 is 0 Å². The molecule has 0 atom stereocenters. The monoisotopic (exact) mass is 362 g/mol. The van der Waals surface area contributed by atoms with Crippen molar-refractivity contribution >= 4 is 0 Å². The maximum absolute atomic E-state index is 4.82. The zero-order valence-corrected chi connectivity index (χ0v) is 16.4. The summed E-state index contributed by atoms with van der Waals surface area (Å²) in [6.07, 6.45) is 1.94. The van der Waals surface area contributed by atoms with E-state index in [2.05, 4.69) is 73.4 Å². The molecule has 2 heterocycles. The molecule has 0 N–H and O–H groups in total. The van der Waals surface area contributed by atoms with Gasteiger partial charge in [-0.25, -0.2) is 0 Å². The minimum Gasteiger partial charge on any atom is -0.256 e. The van der Waals surface area contributed by atoms with E-state index in [9.17, 15) is 0 Å². The summed E-state index contributed by atoms with van der Waals surface area (Å²) in [7, 11) is 0. The van der Waals surface area contributed by atoms with Gasteiger partial charge in [0.25, 0.3) is 0 Å². The highest BCUT2D eigenvalue weighted by Crippen LogP contribution is 2.51. The lowest BCUT2D eigenvalue weighted by atomic mass is 9.79. The fraction of sp³-hybridized carbons (Fsp3) is 0.154. The number of rotatable bonds is 2. The number of aryl methyl sites for hydroxylation is 1. The highest BCUT2D eigenvalue weighted by Gasteiger charge is 2.37. The van der Waals surface area contributed by atoms with Crippen LogP contribution in [0, 0.1) is 6.92 Å². The highest BCUT2D eigenvalue weighted by molar-refractivity contribution is 5.87. The predicted octanol–water partition coefficient (Wildman–Crippen LogP) is 6.43. The van der Waals surface area contributed by atoms with Crippen molar-refractivity contribution in [2.45, 2.75) is 26.2 Å². The average molecular weight is 362 g/mol. The fourth-order valence-electron chi connectivity index (χ4n) is 4.47. The van der Waals surface area contributed by atoms with Crippen LogP contribution in [-0.4, -0.2) is 9.97 Å². The number of pyridine rings is 2. The maximum Gasteiger partial charge on any atom is 0.0720 e. The second-order valence-corrected chi connectivity index (χ2v) is 8.00. The van der Waals surface area contributed by atoms with Crippen molar-refractivity contribution in [1.82, 2.24) is 9.97 Å². The molecule has 136 valence electrons. The first-order valence-electron chi connectivity index (χ1n) is 9.69. The zero-order valence-electron chi connectivity index (χ0n) is 16.4. The van der Waals surface area contributed by atoms with Gasteiger partial charge in [-0.1, -0.05) is 62.4 Å². The molecule has 0 saturated carbocycles. The van der Waals surface area contributed by atoms with Gasteiger partial charge in [-0.3, -0.25) is 9.97 Å². The van der Waals surface area contributed by atoms with Crippen LogP contribution in [0.5, 0.6) is 0 Å². The van der Waals surface area contributed by atoms with Crippen LogP contribution in [-0.2, 0) is 5.41 Å². The third kappa shape index (κ3) is 2.49. The number of nitrogens with zero attached hydrogens (tertiary/aromatic N) is 2. The van der Waals surface area contributed by atoms with E-state index in [1.165, 1.54) is 27.8 Å². The van der Waals surface area contributed by atoms with E-state index in [0.29, 0.717) is 0 Å². The molecule has 2 aromatic carbocycles. The number of hydrogen-bond donors (Lipinski definition) is 0. The molecule has 0 saturated heterocycles. The molecular weight excluding hydrogens is 340 g/mol. The summed E-state index contributed by atoms with van der Waals surface area (Å²) in [5.74, 6) is 0. The van der Waals surface area contributed by atoms with Crippen LogP contribution in [0.25, 0.3) is 33.6 Å². The highest BCUT2D eigenvalue weighted by atomic mass is 14.7. The van der Waals surface area contributed by atoms with Crippen LogP contribution in [0.2, 0.25) is 0 Å². The molecule has 0 radical (unpaired) electrons. The van der Waals surface area contributed by atoms with E-state index in [1.807, 2.05) is 31.3 Å². The van der Waals surface area contributed by atoms with Gasteiger partial charge in [0.15, 0.2) is 0 Å². The van der Waals surface area contributed by atoms with Crippen LogP contribution in [0.4, 0.5) is 0 Å². The van der Waals surface area contributed by atoms with E-state index >= 15 is 0 Å². The Hall–Kier alpha value is -3.26. The molecule has 2 aromatic heterocycles. The molecule has 0 bridgehead atoms. The second-order valence-electron chi connectivity index (χ2n) is 8.00. The molecule has 0 amide bonds. The summed E-state index contributed by atoms with van der Waals surface area (Å²) in [4.78, 5) is 9.43. The van der Waals surface area contributed by atoms with E-state index in [4.69, 9.17) is 4.98 Å². The van der Waals surface area contributed by atoms with Gasteiger partial charge >= 0.3 is 0 Å². The Morgan fingerprint density at radius 2 is 1.43 bits per heavy atom. The average Bonchev–Trinajstić information content (AvgIpc) is 2.96. The summed E-state index contributed by atoms with van der Waals surface area (Å²) >= 11 is 0. The van der Waals surface area contributed by atoms with Gasteiger partial charge in [-0.15, -0.1) is 0 Å². The normalized spacial score (nSPS) is 13.8. The molecule has 0 unspecified atom stereocenters. The lowest BCUT2D eigenvalue weighted by molar-refractivity contribution is 0.662. The molecule has 0 fully saturated rings. The van der Waals surface area contributed by atoms with Gasteiger partial charge in [0.05, 0.1) is 11.4 Å². The molecule has 2 nitrogen and oxygen atoms in total. The molecule has 0 spiro atoms. The van der Waals surface area contributed by atoms with Crippen molar-refractivity contribution in [3.8, 4) is 33.6 Å². The third-order valence-electron chi connectivity index (χ3n) is 5.80. The van der Waals surface area contributed by atoms with Gasteiger partial charge in [0, 0.05) is 28.4 Å².